The fraction of sp³-hybridized carbons (Fsp3) is 0.190. The van der Waals surface area contributed by atoms with E-state index in [-0.39, 0.29) is 16.9 Å². The Kier molecular flexibility index (Phi) is 6.96. The number of thiocarbonyl (C=S) groups is 1. The van der Waals surface area contributed by atoms with Crippen molar-refractivity contribution in [1.29, 1.82) is 0 Å². The van der Waals surface area contributed by atoms with E-state index in [0.717, 1.165) is 12.0 Å². The Labute approximate surface area is 182 Å². The van der Waals surface area contributed by atoms with Crippen LogP contribution in [-0.4, -0.2) is 23.5 Å². The van der Waals surface area contributed by atoms with Crippen molar-refractivity contribution < 1.29 is 8.42 Å². The number of nitrogens with one attached hydrogen (secondary N) is 3. The van der Waals surface area contributed by atoms with Crippen LogP contribution in [0.25, 0.3) is 0 Å². The third-order valence-corrected chi connectivity index (χ3v) is 5.97. The molecule has 0 aliphatic carbocycles. The average Bonchev–Trinajstić information content (AvgIpc) is 2.73. The Morgan fingerprint density at radius 2 is 1.67 bits per heavy atom. The van der Waals surface area contributed by atoms with Crippen molar-refractivity contribution in [2.24, 2.45) is 0 Å². The molecule has 0 bridgehead atoms. The highest BCUT2D eigenvalue weighted by Gasteiger charge is 2.16. The van der Waals surface area contributed by atoms with E-state index in [2.05, 4.69) is 63.4 Å². The zero-order valence-electron chi connectivity index (χ0n) is 16.7. The molecular formula is C21H23N5O2S2. The first kappa shape index (κ1) is 21.7. The first-order valence-electron chi connectivity index (χ1n) is 9.41. The molecule has 0 saturated heterocycles. The quantitative estimate of drug-likeness (QED) is 0.477. The smallest absolute Gasteiger partial charge is 0.264 e. The summed E-state index contributed by atoms with van der Waals surface area (Å²) >= 11 is 5.43. The molecule has 2 aromatic carbocycles. The van der Waals surface area contributed by atoms with E-state index in [1.807, 2.05) is 0 Å². The molecule has 1 atom stereocenters. The molecule has 1 unspecified atom stereocenters. The number of aryl methyl sites for hydroxylation is 1. The van der Waals surface area contributed by atoms with Crippen LogP contribution in [0, 0.1) is 6.92 Å². The molecular weight excluding hydrogens is 418 g/mol. The van der Waals surface area contributed by atoms with Crippen molar-refractivity contribution in [2.75, 3.05) is 10.0 Å². The van der Waals surface area contributed by atoms with Gasteiger partial charge in [0.05, 0.1) is 10.9 Å². The van der Waals surface area contributed by atoms with E-state index >= 15 is 0 Å². The number of hydrogen-bond acceptors (Lipinski definition) is 5. The largest absolute Gasteiger partial charge is 0.356 e. The van der Waals surface area contributed by atoms with Gasteiger partial charge < -0.3 is 10.6 Å². The van der Waals surface area contributed by atoms with Gasteiger partial charge >= 0.3 is 0 Å². The van der Waals surface area contributed by atoms with Gasteiger partial charge in [-0.3, -0.25) is 0 Å². The number of anilines is 2. The summed E-state index contributed by atoms with van der Waals surface area (Å²) < 4.78 is 27.2. The van der Waals surface area contributed by atoms with Crippen molar-refractivity contribution in [3.63, 3.8) is 0 Å². The summed E-state index contributed by atoms with van der Waals surface area (Å²) in [6.07, 6.45) is 3.80. The SMILES string of the molecule is CCC(NC(=S)Nc1ccc(S(=O)(=O)Nc2ncccn2)cc1)c1ccc(C)cc1. The minimum atomic E-state index is -3.77. The summed E-state index contributed by atoms with van der Waals surface area (Å²) in [4.78, 5) is 7.85. The molecule has 156 valence electrons. The van der Waals surface area contributed by atoms with Gasteiger partial charge in [-0.1, -0.05) is 36.8 Å². The van der Waals surface area contributed by atoms with Crippen LogP contribution in [0.3, 0.4) is 0 Å². The molecule has 0 amide bonds. The number of rotatable bonds is 7. The van der Waals surface area contributed by atoms with Crippen LogP contribution in [-0.2, 0) is 10.0 Å². The van der Waals surface area contributed by atoms with Gasteiger partial charge in [0, 0.05) is 18.1 Å². The van der Waals surface area contributed by atoms with Gasteiger partial charge in [-0.2, -0.15) is 0 Å². The van der Waals surface area contributed by atoms with Gasteiger partial charge in [-0.05, 0) is 61.5 Å². The molecule has 3 aromatic rings. The van der Waals surface area contributed by atoms with Crippen LogP contribution in [0.1, 0.15) is 30.5 Å². The molecule has 0 radical (unpaired) electrons. The van der Waals surface area contributed by atoms with Crippen LogP contribution < -0.4 is 15.4 Å². The van der Waals surface area contributed by atoms with E-state index in [1.165, 1.54) is 30.1 Å². The van der Waals surface area contributed by atoms with Crippen LogP contribution in [0.15, 0.2) is 71.9 Å². The minimum absolute atomic E-state index is 0.0202. The average molecular weight is 442 g/mol. The van der Waals surface area contributed by atoms with Gasteiger partial charge in [-0.25, -0.2) is 23.1 Å². The van der Waals surface area contributed by atoms with E-state index in [1.54, 1.807) is 18.2 Å². The fourth-order valence-electron chi connectivity index (χ4n) is 2.79. The van der Waals surface area contributed by atoms with E-state index < -0.39 is 10.0 Å². The van der Waals surface area contributed by atoms with Gasteiger partial charge in [0.25, 0.3) is 10.0 Å². The second-order valence-electron chi connectivity index (χ2n) is 6.67. The van der Waals surface area contributed by atoms with Crippen LogP contribution >= 0.6 is 12.2 Å². The summed E-state index contributed by atoms with van der Waals surface area (Å²) in [5.41, 5.74) is 3.04. The van der Waals surface area contributed by atoms with Crippen molar-refractivity contribution in [2.45, 2.75) is 31.2 Å². The third kappa shape index (κ3) is 5.74. The van der Waals surface area contributed by atoms with Gasteiger partial charge in [-0.15, -0.1) is 0 Å². The zero-order chi connectivity index (χ0) is 21.6. The van der Waals surface area contributed by atoms with Gasteiger partial charge in [0.1, 0.15) is 0 Å². The maximum atomic E-state index is 12.5. The highest BCUT2D eigenvalue weighted by atomic mass is 32.2. The summed E-state index contributed by atoms with van der Waals surface area (Å²) in [7, 11) is -3.77. The number of nitrogens with zero attached hydrogens (tertiary/aromatic N) is 2. The van der Waals surface area contributed by atoms with Crippen LogP contribution in [0.4, 0.5) is 11.6 Å². The maximum Gasteiger partial charge on any atom is 0.264 e. The molecule has 7 nitrogen and oxygen atoms in total. The molecule has 0 aliphatic rings. The monoisotopic (exact) mass is 441 g/mol. The topological polar surface area (TPSA) is 96.0 Å². The lowest BCUT2D eigenvalue weighted by Gasteiger charge is -2.20. The lowest BCUT2D eigenvalue weighted by atomic mass is 10.0. The number of aromatic nitrogens is 2. The number of benzene rings is 2. The summed E-state index contributed by atoms with van der Waals surface area (Å²) in [5.74, 6) is 0.0202. The van der Waals surface area contributed by atoms with E-state index in [4.69, 9.17) is 12.2 Å². The second kappa shape index (κ2) is 9.64. The normalized spacial score (nSPS) is 12.1. The second-order valence-corrected chi connectivity index (χ2v) is 8.76. The predicted molar refractivity (Wildman–Crippen MR) is 123 cm³/mol. The Morgan fingerprint density at radius 1 is 1.03 bits per heavy atom. The summed E-state index contributed by atoms with van der Waals surface area (Å²) in [6.45, 7) is 4.14. The van der Waals surface area contributed by atoms with Crippen molar-refractivity contribution in [3.8, 4) is 0 Å². The molecule has 3 rings (SSSR count). The standard InChI is InChI=1S/C21H23N5O2S2/c1-3-19(16-7-5-15(2)6-8-16)25-21(29)24-17-9-11-18(12-10-17)30(27,28)26-20-22-13-4-14-23-20/h4-14,19H,3H2,1-2H3,(H,22,23,26)(H2,24,25,29). The van der Waals surface area contributed by atoms with Gasteiger partial charge in [0.15, 0.2) is 5.11 Å². The maximum absolute atomic E-state index is 12.5. The third-order valence-electron chi connectivity index (χ3n) is 4.41. The molecule has 0 fully saturated rings. The molecule has 0 spiro atoms. The highest BCUT2D eigenvalue weighted by molar-refractivity contribution is 7.92. The Balaban J connectivity index is 1.63. The van der Waals surface area contributed by atoms with Crippen molar-refractivity contribution >= 4 is 39.0 Å². The number of sulfonamides is 1. The van der Waals surface area contributed by atoms with Crippen LogP contribution in [0.5, 0.6) is 0 Å². The Morgan fingerprint density at radius 3 is 2.27 bits per heavy atom. The lowest BCUT2D eigenvalue weighted by molar-refractivity contribution is 0.601. The first-order valence-corrected chi connectivity index (χ1v) is 11.3. The zero-order valence-corrected chi connectivity index (χ0v) is 18.3. The van der Waals surface area contributed by atoms with Gasteiger partial charge in [0.2, 0.25) is 5.95 Å². The Hall–Kier alpha value is -3.04. The Bertz CT molecular complexity index is 1090. The minimum Gasteiger partial charge on any atom is -0.356 e. The van der Waals surface area contributed by atoms with E-state index in [0.29, 0.717) is 10.8 Å². The molecule has 1 heterocycles. The first-order chi connectivity index (χ1) is 14.4. The van der Waals surface area contributed by atoms with Crippen LogP contribution in [0.2, 0.25) is 0 Å². The lowest BCUT2D eigenvalue weighted by Crippen LogP contribution is -2.32. The van der Waals surface area contributed by atoms with Crippen molar-refractivity contribution in [1.82, 2.24) is 15.3 Å². The molecule has 1 aromatic heterocycles. The van der Waals surface area contributed by atoms with Crippen molar-refractivity contribution in [3.05, 3.63) is 78.1 Å². The summed E-state index contributed by atoms with van der Waals surface area (Å²) in [5, 5.41) is 6.86. The molecule has 9 heteroatoms. The molecule has 30 heavy (non-hydrogen) atoms. The fourth-order valence-corrected chi connectivity index (χ4v) is 4.01. The molecule has 0 aliphatic heterocycles. The summed E-state index contributed by atoms with van der Waals surface area (Å²) in [6, 6.07) is 16.3. The molecule has 0 saturated carbocycles. The van der Waals surface area contributed by atoms with E-state index in [9.17, 15) is 8.42 Å². The number of hydrogen-bond donors (Lipinski definition) is 3. The highest BCUT2D eigenvalue weighted by Crippen LogP contribution is 2.19. The predicted octanol–water partition coefficient (Wildman–Crippen LogP) is 4.02. The molecule has 3 N–H and O–H groups in total.